The summed E-state index contributed by atoms with van der Waals surface area (Å²) >= 11 is 0. The zero-order chi connectivity index (χ0) is 18.6. The van der Waals surface area contributed by atoms with E-state index in [2.05, 4.69) is 78.6 Å². The van der Waals surface area contributed by atoms with Crippen LogP contribution in [0.2, 0.25) is 0 Å². The molecular formula is C25H22N2. The molecule has 0 bridgehead atoms. The summed E-state index contributed by atoms with van der Waals surface area (Å²) in [5.41, 5.74) is 14.0. The predicted molar refractivity (Wildman–Crippen MR) is 116 cm³/mol. The Hall–Kier alpha value is -3.52. The van der Waals surface area contributed by atoms with Gasteiger partial charge in [0.25, 0.3) is 0 Å². The highest BCUT2D eigenvalue weighted by Crippen LogP contribution is 2.41. The van der Waals surface area contributed by atoms with Gasteiger partial charge in [-0.3, -0.25) is 0 Å². The number of hydrogen-bond acceptors (Lipinski definition) is 2. The zero-order valence-corrected chi connectivity index (χ0v) is 15.3. The topological polar surface area (TPSA) is 29.3 Å². The lowest BCUT2D eigenvalue weighted by Crippen LogP contribution is -2.12. The quantitative estimate of drug-likeness (QED) is 0.414. The Kier molecular flexibility index (Phi) is 4.63. The standard InChI is InChI=1S/C25H22N2/c1-19-10-8-11-20(18-19)23-16-9-17-24(25(23)26)27(21-12-4-2-5-13-21)22-14-6-3-7-15-22/h2-18H,26H2,1H3. The minimum atomic E-state index is 0.774. The van der Waals surface area contributed by atoms with Crippen LogP contribution in [-0.2, 0) is 0 Å². The number of rotatable bonds is 4. The van der Waals surface area contributed by atoms with E-state index in [1.807, 2.05) is 36.4 Å². The molecule has 0 amide bonds. The third kappa shape index (κ3) is 3.42. The van der Waals surface area contributed by atoms with E-state index in [-0.39, 0.29) is 0 Å². The molecule has 0 spiro atoms. The summed E-state index contributed by atoms with van der Waals surface area (Å²) in [6, 6.07) is 35.3. The highest BCUT2D eigenvalue weighted by Gasteiger charge is 2.17. The van der Waals surface area contributed by atoms with Crippen LogP contribution < -0.4 is 10.6 Å². The molecule has 0 fully saturated rings. The first kappa shape index (κ1) is 16.9. The van der Waals surface area contributed by atoms with Crippen LogP contribution in [0, 0.1) is 6.92 Å². The fourth-order valence-corrected chi connectivity index (χ4v) is 3.39. The molecule has 4 aromatic carbocycles. The molecule has 0 unspecified atom stereocenters. The second kappa shape index (κ2) is 7.38. The Morgan fingerprint density at radius 2 is 1.22 bits per heavy atom. The Labute approximate surface area is 160 Å². The van der Waals surface area contributed by atoms with Gasteiger partial charge >= 0.3 is 0 Å². The fourth-order valence-electron chi connectivity index (χ4n) is 3.39. The van der Waals surface area contributed by atoms with Crippen molar-refractivity contribution >= 4 is 22.7 Å². The summed E-state index contributed by atoms with van der Waals surface area (Å²) in [5, 5.41) is 0. The van der Waals surface area contributed by atoms with E-state index in [0.717, 1.165) is 33.9 Å². The largest absolute Gasteiger partial charge is 0.397 e. The van der Waals surface area contributed by atoms with Crippen LogP contribution in [0.5, 0.6) is 0 Å². The molecule has 0 atom stereocenters. The van der Waals surface area contributed by atoms with E-state index >= 15 is 0 Å². The van der Waals surface area contributed by atoms with Crippen molar-refractivity contribution in [1.82, 2.24) is 0 Å². The number of aryl methyl sites for hydroxylation is 1. The van der Waals surface area contributed by atoms with Gasteiger partial charge in [0.1, 0.15) is 0 Å². The van der Waals surface area contributed by atoms with Crippen LogP contribution >= 0.6 is 0 Å². The minimum Gasteiger partial charge on any atom is -0.397 e. The second-order valence-corrected chi connectivity index (χ2v) is 6.61. The molecule has 2 N–H and O–H groups in total. The first-order chi connectivity index (χ1) is 13.2. The Morgan fingerprint density at radius 1 is 0.630 bits per heavy atom. The summed E-state index contributed by atoms with van der Waals surface area (Å²) < 4.78 is 0. The van der Waals surface area contributed by atoms with Gasteiger partial charge in [-0.1, -0.05) is 78.4 Å². The Morgan fingerprint density at radius 3 is 1.81 bits per heavy atom. The normalized spacial score (nSPS) is 10.6. The highest BCUT2D eigenvalue weighted by atomic mass is 15.1. The van der Waals surface area contributed by atoms with E-state index in [1.54, 1.807) is 0 Å². The molecule has 2 nitrogen and oxygen atoms in total. The van der Waals surface area contributed by atoms with Gasteiger partial charge < -0.3 is 10.6 Å². The van der Waals surface area contributed by atoms with E-state index in [0.29, 0.717) is 0 Å². The zero-order valence-electron chi connectivity index (χ0n) is 15.3. The van der Waals surface area contributed by atoms with Crippen LogP contribution in [0.15, 0.2) is 103 Å². The summed E-state index contributed by atoms with van der Waals surface area (Å²) in [7, 11) is 0. The Balaban J connectivity index is 1.90. The van der Waals surface area contributed by atoms with Crippen molar-refractivity contribution in [3.8, 4) is 11.1 Å². The van der Waals surface area contributed by atoms with Gasteiger partial charge in [0, 0.05) is 16.9 Å². The number of hydrogen-bond donors (Lipinski definition) is 1. The number of nitrogen functional groups attached to an aromatic ring is 1. The average molecular weight is 350 g/mol. The molecule has 132 valence electrons. The van der Waals surface area contributed by atoms with Gasteiger partial charge in [-0.15, -0.1) is 0 Å². The monoisotopic (exact) mass is 350 g/mol. The SMILES string of the molecule is Cc1cccc(-c2cccc(N(c3ccccc3)c3ccccc3)c2N)c1. The summed E-state index contributed by atoms with van der Waals surface area (Å²) in [6.07, 6.45) is 0. The van der Waals surface area contributed by atoms with E-state index in [9.17, 15) is 0 Å². The average Bonchev–Trinajstić information content (AvgIpc) is 2.71. The summed E-state index contributed by atoms with van der Waals surface area (Å²) in [4.78, 5) is 2.20. The summed E-state index contributed by atoms with van der Waals surface area (Å²) in [5.74, 6) is 0. The van der Waals surface area contributed by atoms with Crippen LogP contribution in [0.4, 0.5) is 22.7 Å². The molecule has 0 radical (unpaired) electrons. The molecule has 2 heteroatoms. The van der Waals surface area contributed by atoms with Crippen molar-refractivity contribution in [2.45, 2.75) is 6.92 Å². The number of nitrogens with zero attached hydrogens (tertiary/aromatic N) is 1. The molecule has 0 aromatic heterocycles. The lowest BCUT2D eigenvalue weighted by molar-refractivity contribution is 1.28. The van der Waals surface area contributed by atoms with Crippen LogP contribution in [-0.4, -0.2) is 0 Å². The Bertz CT molecular complexity index is 1000. The van der Waals surface area contributed by atoms with Gasteiger partial charge in [-0.2, -0.15) is 0 Å². The van der Waals surface area contributed by atoms with Crippen molar-refractivity contribution in [2.75, 3.05) is 10.6 Å². The first-order valence-corrected chi connectivity index (χ1v) is 9.10. The molecule has 0 aliphatic heterocycles. The molecule has 0 aliphatic carbocycles. The third-order valence-corrected chi connectivity index (χ3v) is 4.68. The predicted octanol–water partition coefficient (Wildman–Crippen LogP) is 6.71. The third-order valence-electron chi connectivity index (χ3n) is 4.68. The smallest absolute Gasteiger partial charge is 0.0697 e. The second-order valence-electron chi connectivity index (χ2n) is 6.61. The first-order valence-electron chi connectivity index (χ1n) is 9.10. The molecule has 0 heterocycles. The molecule has 4 rings (SSSR count). The number of anilines is 4. The number of nitrogens with two attached hydrogens (primary N) is 1. The van der Waals surface area contributed by atoms with Gasteiger partial charge in [-0.25, -0.2) is 0 Å². The van der Waals surface area contributed by atoms with Crippen molar-refractivity contribution in [3.05, 3.63) is 109 Å². The van der Waals surface area contributed by atoms with Gasteiger partial charge in [0.05, 0.1) is 11.4 Å². The van der Waals surface area contributed by atoms with Crippen molar-refractivity contribution in [1.29, 1.82) is 0 Å². The van der Waals surface area contributed by atoms with Crippen LogP contribution in [0.1, 0.15) is 5.56 Å². The van der Waals surface area contributed by atoms with Gasteiger partial charge in [0.2, 0.25) is 0 Å². The van der Waals surface area contributed by atoms with Crippen LogP contribution in [0.3, 0.4) is 0 Å². The van der Waals surface area contributed by atoms with Gasteiger partial charge in [-0.05, 0) is 42.8 Å². The van der Waals surface area contributed by atoms with Crippen molar-refractivity contribution < 1.29 is 0 Å². The maximum Gasteiger partial charge on any atom is 0.0697 e. The molecule has 27 heavy (non-hydrogen) atoms. The molecular weight excluding hydrogens is 328 g/mol. The maximum absolute atomic E-state index is 6.70. The van der Waals surface area contributed by atoms with E-state index in [4.69, 9.17) is 5.73 Å². The lowest BCUT2D eigenvalue weighted by atomic mass is 10.00. The van der Waals surface area contributed by atoms with Crippen LogP contribution in [0.25, 0.3) is 11.1 Å². The molecule has 0 saturated carbocycles. The van der Waals surface area contributed by atoms with Crippen molar-refractivity contribution in [2.24, 2.45) is 0 Å². The number of para-hydroxylation sites is 3. The molecule has 0 saturated heterocycles. The van der Waals surface area contributed by atoms with Gasteiger partial charge in [0.15, 0.2) is 0 Å². The number of benzene rings is 4. The maximum atomic E-state index is 6.70. The lowest BCUT2D eigenvalue weighted by Gasteiger charge is -2.27. The molecule has 0 aliphatic rings. The van der Waals surface area contributed by atoms with E-state index in [1.165, 1.54) is 5.56 Å². The highest BCUT2D eigenvalue weighted by molar-refractivity contribution is 5.91. The van der Waals surface area contributed by atoms with Crippen molar-refractivity contribution in [3.63, 3.8) is 0 Å². The minimum absolute atomic E-state index is 0.774. The molecule has 4 aromatic rings. The fraction of sp³-hybridized carbons (Fsp3) is 0.0400. The summed E-state index contributed by atoms with van der Waals surface area (Å²) in [6.45, 7) is 2.10. The van der Waals surface area contributed by atoms with E-state index < -0.39 is 0 Å².